The predicted octanol–water partition coefficient (Wildman–Crippen LogP) is 2.86. The van der Waals surface area contributed by atoms with Crippen LogP contribution in [0.2, 0.25) is 0 Å². The van der Waals surface area contributed by atoms with Crippen molar-refractivity contribution in [1.29, 1.82) is 0 Å². The molecule has 1 amide bonds. The first-order valence-corrected chi connectivity index (χ1v) is 10.1. The van der Waals surface area contributed by atoms with E-state index in [9.17, 15) is 13.2 Å². The quantitative estimate of drug-likeness (QED) is 0.743. The molecule has 0 heterocycles. The third-order valence-electron chi connectivity index (χ3n) is 3.44. The summed E-state index contributed by atoms with van der Waals surface area (Å²) in [5.74, 6) is 0.0926. The van der Waals surface area contributed by atoms with Crippen molar-refractivity contribution in [3.8, 4) is 0 Å². The average Bonchev–Trinajstić information content (AvgIpc) is 3.37. The van der Waals surface area contributed by atoms with Gasteiger partial charge in [-0.05, 0) is 43.2 Å². The lowest BCUT2D eigenvalue weighted by atomic mass is 10.3. The molecule has 0 aromatic heterocycles. The van der Waals surface area contributed by atoms with Gasteiger partial charge in [0.05, 0.1) is 10.6 Å². The van der Waals surface area contributed by atoms with Gasteiger partial charge in [-0.1, -0.05) is 24.3 Å². The highest BCUT2D eigenvalue weighted by Gasteiger charge is 2.28. The topological polar surface area (TPSA) is 75.3 Å². The van der Waals surface area contributed by atoms with Gasteiger partial charge in [-0.3, -0.25) is 4.79 Å². The number of nitrogens with one attached hydrogen (secondary N) is 2. The zero-order chi connectivity index (χ0) is 17.0. The maximum Gasteiger partial charge on any atom is 0.240 e. The summed E-state index contributed by atoms with van der Waals surface area (Å²) in [5, 5.41) is 2.74. The minimum absolute atomic E-state index is 0.0514. The summed E-state index contributed by atoms with van der Waals surface area (Å²) in [6, 6.07) is 16.0. The van der Waals surface area contributed by atoms with Crippen molar-refractivity contribution in [3.05, 3.63) is 54.6 Å². The molecule has 7 heteroatoms. The van der Waals surface area contributed by atoms with Gasteiger partial charge in [0.2, 0.25) is 15.9 Å². The zero-order valence-electron chi connectivity index (χ0n) is 12.9. The molecule has 2 aromatic carbocycles. The Balaban J connectivity index is 1.60. The van der Waals surface area contributed by atoms with Crippen molar-refractivity contribution in [2.24, 2.45) is 0 Å². The van der Waals surface area contributed by atoms with Crippen molar-refractivity contribution in [1.82, 2.24) is 4.72 Å². The van der Waals surface area contributed by atoms with Gasteiger partial charge in [0.15, 0.2) is 0 Å². The molecule has 1 fully saturated rings. The van der Waals surface area contributed by atoms with Crippen molar-refractivity contribution in [3.63, 3.8) is 0 Å². The fraction of sp³-hybridized carbons (Fsp3) is 0.235. The first-order valence-electron chi connectivity index (χ1n) is 7.63. The normalized spacial score (nSPS) is 14.3. The van der Waals surface area contributed by atoms with Crippen LogP contribution in [0.4, 0.5) is 5.69 Å². The molecule has 0 unspecified atom stereocenters. The van der Waals surface area contributed by atoms with Gasteiger partial charge >= 0.3 is 0 Å². The minimum Gasteiger partial charge on any atom is -0.325 e. The van der Waals surface area contributed by atoms with Gasteiger partial charge in [-0.25, -0.2) is 13.1 Å². The van der Waals surface area contributed by atoms with Gasteiger partial charge in [0.1, 0.15) is 0 Å². The molecule has 0 aliphatic heterocycles. The smallest absolute Gasteiger partial charge is 0.240 e. The van der Waals surface area contributed by atoms with Crippen molar-refractivity contribution < 1.29 is 13.2 Å². The summed E-state index contributed by atoms with van der Waals surface area (Å²) < 4.78 is 27.0. The summed E-state index contributed by atoms with van der Waals surface area (Å²) in [6.07, 6.45) is 1.76. The molecule has 2 N–H and O–H groups in total. The summed E-state index contributed by atoms with van der Waals surface area (Å²) >= 11 is 1.43. The van der Waals surface area contributed by atoms with E-state index in [4.69, 9.17) is 0 Å². The van der Waals surface area contributed by atoms with Crippen LogP contribution in [-0.4, -0.2) is 26.1 Å². The minimum atomic E-state index is -3.52. The lowest BCUT2D eigenvalue weighted by Gasteiger charge is -2.09. The van der Waals surface area contributed by atoms with E-state index in [2.05, 4.69) is 10.0 Å². The lowest BCUT2D eigenvalue weighted by Crippen LogP contribution is -2.25. The van der Waals surface area contributed by atoms with E-state index in [0.717, 1.165) is 17.7 Å². The van der Waals surface area contributed by atoms with E-state index in [1.807, 2.05) is 30.3 Å². The van der Waals surface area contributed by atoms with E-state index >= 15 is 0 Å². The summed E-state index contributed by atoms with van der Waals surface area (Å²) in [6.45, 7) is 0. The van der Waals surface area contributed by atoms with Crippen LogP contribution in [0.15, 0.2) is 64.4 Å². The number of benzene rings is 2. The highest BCUT2D eigenvalue weighted by Crippen LogP contribution is 2.23. The highest BCUT2D eigenvalue weighted by molar-refractivity contribution is 8.00. The van der Waals surface area contributed by atoms with Crippen LogP contribution in [0.25, 0.3) is 0 Å². The van der Waals surface area contributed by atoms with Crippen LogP contribution in [0.3, 0.4) is 0 Å². The largest absolute Gasteiger partial charge is 0.325 e. The molecule has 1 aliphatic rings. The molecule has 3 rings (SSSR count). The Labute approximate surface area is 145 Å². The number of rotatable bonds is 7. The summed E-state index contributed by atoms with van der Waals surface area (Å²) in [7, 11) is -3.52. The molecule has 0 bridgehead atoms. The molecule has 0 saturated heterocycles. The Bertz CT molecular complexity index is 819. The number of amides is 1. The van der Waals surface area contributed by atoms with Gasteiger partial charge in [-0.2, -0.15) is 0 Å². The van der Waals surface area contributed by atoms with Crippen molar-refractivity contribution in [2.75, 3.05) is 11.1 Å². The highest BCUT2D eigenvalue weighted by atomic mass is 32.2. The molecule has 0 radical (unpaired) electrons. The van der Waals surface area contributed by atoms with Crippen LogP contribution in [0, 0.1) is 0 Å². The van der Waals surface area contributed by atoms with Crippen molar-refractivity contribution >= 4 is 33.4 Å². The fourth-order valence-corrected chi connectivity index (χ4v) is 4.16. The van der Waals surface area contributed by atoms with Crippen LogP contribution in [0.5, 0.6) is 0 Å². The third-order valence-corrected chi connectivity index (χ3v) is 5.97. The molecule has 126 valence electrons. The number of hydrogen-bond donors (Lipinski definition) is 2. The SMILES string of the molecule is O=C(CSc1ccccc1)Nc1cccc(S(=O)(=O)NC2CC2)c1. The lowest BCUT2D eigenvalue weighted by molar-refractivity contribution is -0.113. The average molecular weight is 362 g/mol. The molecule has 1 saturated carbocycles. The van der Waals surface area contributed by atoms with Crippen LogP contribution in [0.1, 0.15) is 12.8 Å². The maximum absolute atomic E-state index is 12.2. The van der Waals surface area contributed by atoms with E-state index in [1.165, 1.54) is 23.9 Å². The number of carbonyl (C=O) groups excluding carboxylic acids is 1. The third kappa shape index (κ3) is 4.83. The molecular weight excluding hydrogens is 344 g/mol. The van der Waals surface area contributed by atoms with E-state index in [-0.39, 0.29) is 22.6 Å². The first kappa shape index (κ1) is 17.0. The molecule has 2 aromatic rings. The predicted molar refractivity (Wildman–Crippen MR) is 95.6 cm³/mol. The zero-order valence-corrected chi connectivity index (χ0v) is 14.6. The monoisotopic (exact) mass is 362 g/mol. The van der Waals surface area contributed by atoms with E-state index < -0.39 is 10.0 Å². The van der Waals surface area contributed by atoms with Gasteiger partial charge < -0.3 is 5.32 Å². The first-order chi connectivity index (χ1) is 11.5. The number of hydrogen-bond acceptors (Lipinski definition) is 4. The fourth-order valence-electron chi connectivity index (χ4n) is 2.09. The van der Waals surface area contributed by atoms with Gasteiger partial charge in [0, 0.05) is 16.6 Å². The Morgan fingerprint density at radius 2 is 1.83 bits per heavy atom. The number of carbonyl (C=O) groups is 1. The molecule has 0 atom stereocenters. The number of anilines is 1. The number of sulfonamides is 1. The van der Waals surface area contributed by atoms with Gasteiger partial charge in [0.25, 0.3) is 0 Å². The van der Waals surface area contributed by atoms with Crippen LogP contribution < -0.4 is 10.0 Å². The Kier molecular flexibility index (Phi) is 5.23. The summed E-state index contributed by atoms with van der Waals surface area (Å²) in [5.41, 5.74) is 0.479. The standard InChI is InChI=1S/C17H18N2O3S2/c20-17(12-23-15-6-2-1-3-7-15)18-14-5-4-8-16(11-14)24(21,22)19-13-9-10-13/h1-8,11,13,19H,9-10,12H2,(H,18,20). The second-order valence-corrected chi connectivity index (χ2v) is 8.34. The van der Waals surface area contributed by atoms with Crippen LogP contribution in [-0.2, 0) is 14.8 Å². The Hall–Kier alpha value is -1.83. The maximum atomic E-state index is 12.2. The van der Waals surface area contributed by atoms with Crippen molar-refractivity contribution in [2.45, 2.75) is 28.7 Å². The second-order valence-electron chi connectivity index (χ2n) is 5.57. The molecule has 5 nitrogen and oxygen atoms in total. The molecule has 1 aliphatic carbocycles. The summed E-state index contributed by atoms with van der Waals surface area (Å²) in [4.78, 5) is 13.2. The van der Waals surface area contributed by atoms with E-state index in [1.54, 1.807) is 12.1 Å². The number of thioether (sulfide) groups is 1. The molecular formula is C17H18N2O3S2. The molecule has 24 heavy (non-hydrogen) atoms. The second kappa shape index (κ2) is 7.38. The van der Waals surface area contributed by atoms with Crippen LogP contribution >= 0.6 is 11.8 Å². The Morgan fingerprint density at radius 1 is 1.08 bits per heavy atom. The van der Waals surface area contributed by atoms with E-state index in [0.29, 0.717) is 5.69 Å². The Morgan fingerprint density at radius 3 is 2.54 bits per heavy atom. The molecule has 0 spiro atoms. The van der Waals surface area contributed by atoms with Gasteiger partial charge in [-0.15, -0.1) is 11.8 Å².